The van der Waals surface area contributed by atoms with Gasteiger partial charge in [0, 0.05) is 17.3 Å². The van der Waals surface area contributed by atoms with Crippen LogP contribution in [0, 0.1) is 0 Å². The summed E-state index contributed by atoms with van der Waals surface area (Å²) in [5.74, 6) is -0.0456. The molecule has 3 rings (SSSR count). The van der Waals surface area contributed by atoms with Gasteiger partial charge in [-0.1, -0.05) is 35.3 Å². The highest BCUT2D eigenvalue weighted by Gasteiger charge is 2.14. The van der Waals surface area contributed by atoms with Gasteiger partial charge in [-0.2, -0.15) is 0 Å². The van der Waals surface area contributed by atoms with E-state index in [9.17, 15) is 9.90 Å². The van der Waals surface area contributed by atoms with Crippen LogP contribution in [0.4, 0.5) is 5.69 Å². The molecule has 30 heavy (non-hydrogen) atoms. The van der Waals surface area contributed by atoms with Crippen molar-refractivity contribution in [3.05, 3.63) is 87.9 Å². The number of hydrogen-bond donors (Lipinski definition) is 1. The molecule has 0 amide bonds. The van der Waals surface area contributed by atoms with Crippen molar-refractivity contribution < 1.29 is 19.4 Å². The number of rotatable bonds is 6. The van der Waals surface area contributed by atoms with E-state index in [1.807, 2.05) is 6.07 Å². The van der Waals surface area contributed by atoms with Crippen molar-refractivity contribution in [2.45, 2.75) is 0 Å². The molecule has 1 N–H and O–H groups in total. The Bertz CT molecular complexity index is 1110. The number of benzene rings is 3. The Hall–Kier alpha value is -3.28. The average molecular weight is 442 g/mol. The third-order valence-electron chi connectivity index (χ3n) is 3.93. The van der Waals surface area contributed by atoms with Crippen LogP contribution in [0.25, 0.3) is 6.08 Å². The number of carbonyl (C=O) groups excluding carboxylic acids is 1. The molecule has 0 aliphatic heterocycles. The number of hydrogen-bond acceptors (Lipinski definition) is 5. The first kappa shape index (κ1) is 21.4. The molecule has 7 heteroatoms. The summed E-state index contributed by atoms with van der Waals surface area (Å²) < 4.78 is 10.7. The minimum absolute atomic E-state index is 0.113. The predicted octanol–water partition coefficient (Wildman–Crippen LogP) is 6.08. The van der Waals surface area contributed by atoms with Crippen LogP contribution in [0.15, 0.2) is 71.7 Å². The topological polar surface area (TPSA) is 68.1 Å². The smallest absolute Gasteiger partial charge is 0.336 e. The normalized spacial score (nSPS) is 11.2. The summed E-state index contributed by atoms with van der Waals surface area (Å²) in [6.07, 6.45) is 4.46. The monoisotopic (exact) mass is 441 g/mol. The highest BCUT2D eigenvalue weighted by Crippen LogP contribution is 2.36. The van der Waals surface area contributed by atoms with Gasteiger partial charge in [0.2, 0.25) is 0 Å². The first-order valence-electron chi connectivity index (χ1n) is 8.80. The lowest BCUT2D eigenvalue weighted by Crippen LogP contribution is -2.06. The zero-order valence-corrected chi connectivity index (χ0v) is 17.4. The lowest BCUT2D eigenvalue weighted by molar-refractivity contribution is -0.129. The van der Waals surface area contributed by atoms with Crippen LogP contribution in [-0.4, -0.2) is 24.4 Å². The molecule has 0 bridgehead atoms. The maximum Gasteiger partial charge on any atom is 0.336 e. The summed E-state index contributed by atoms with van der Waals surface area (Å²) in [5, 5.41) is 10.1. The van der Waals surface area contributed by atoms with Crippen LogP contribution in [0.5, 0.6) is 17.2 Å². The predicted molar refractivity (Wildman–Crippen MR) is 119 cm³/mol. The van der Waals surface area contributed by atoms with E-state index in [1.165, 1.54) is 13.2 Å². The van der Waals surface area contributed by atoms with E-state index in [4.69, 9.17) is 32.7 Å². The van der Waals surface area contributed by atoms with Gasteiger partial charge in [0.15, 0.2) is 11.5 Å². The van der Waals surface area contributed by atoms with E-state index in [0.717, 1.165) is 5.56 Å². The lowest BCUT2D eigenvalue weighted by Gasteiger charge is -2.11. The van der Waals surface area contributed by atoms with Crippen molar-refractivity contribution in [1.82, 2.24) is 0 Å². The lowest BCUT2D eigenvalue weighted by atomic mass is 10.2. The van der Waals surface area contributed by atoms with Crippen molar-refractivity contribution in [1.29, 1.82) is 0 Å². The fourth-order valence-electron chi connectivity index (χ4n) is 2.51. The Morgan fingerprint density at radius 1 is 1.03 bits per heavy atom. The number of aromatic hydroxyl groups is 1. The van der Waals surface area contributed by atoms with Crippen molar-refractivity contribution >= 4 is 47.1 Å². The molecule has 152 valence electrons. The van der Waals surface area contributed by atoms with Crippen LogP contribution in [0.2, 0.25) is 10.0 Å². The molecular weight excluding hydrogens is 425 g/mol. The number of esters is 1. The molecule has 0 radical (unpaired) electrons. The largest absolute Gasteiger partial charge is 0.508 e. The third kappa shape index (κ3) is 5.86. The van der Waals surface area contributed by atoms with Crippen LogP contribution in [0.3, 0.4) is 0 Å². The molecule has 5 nitrogen and oxygen atoms in total. The molecule has 0 saturated carbocycles. The molecule has 0 heterocycles. The fraction of sp³-hybridized carbons (Fsp3) is 0.0435. The minimum atomic E-state index is -0.610. The van der Waals surface area contributed by atoms with Gasteiger partial charge in [-0.05, 0) is 65.7 Å². The first-order chi connectivity index (χ1) is 14.4. The summed E-state index contributed by atoms with van der Waals surface area (Å²) >= 11 is 12.2. The summed E-state index contributed by atoms with van der Waals surface area (Å²) in [6.45, 7) is 0. The van der Waals surface area contributed by atoms with Gasteiger partial charge in [0.05, 0.1) is 17.8 Å². The molecule has 0 spiro atoms. The number of ether oxygens (including phenoxy) is 2. The summed E-state index contributed by atoms with van der Waals surface area (Å²) in [4.78, 5) is 16.5. The van der Waals surface area contributed by atoms with Crippen molar-refractivity contribution in [3.63, 3.8) is 0 Å². The van der Waals surface area contributed by atoms with Crippen LogP contribution in [-0.2, 0) is 4.79 Å². The van der Waals surface area contributed by atoms with Crippen LogP contribution in [0.1, 0.15) is 11.1 Å². The summed E-state index contributed by atoms with van der Waals surface area (Å²) in [7, 11) is 1.45. The van der Waals surface area contributed by atoms with Gasteiger partial charge >= 0.3 is 5.97 Å². The third-order valence-corrected chi connectivity index (χ3v) is 4.44. The number of phenolic OH excluding ortho intramolecular Hbond substituents is 1. The zero-order valence-electron chi connectivity index (χ0n) is 15.9. The quantitative estimate of drug-likeness (QED) is 0.218. The Morgan fingerprint density at radius 3 is 2.50 bits per heavy atom. The molecule has 0 atom stereocenters. The molecule has 3 aromatic carbocycles. The van der Waals surface area contributed by atoms with E-state index in [0.29, 0.717) is 22.0 Å². The summed E-state index contributed by atoms with van der Waals surface area (Å²) in [6, 6.07) is 16.8. The number of nitrogens with zero attached hydrogens (tertiary/aromatic N) is 1. The fourth-order valence-corrected chi connectivity index (χ4v) is 2.97. The molecule has 0 aliphatic carbocycles. The summed E-state index contributed by atoms with van der Waals surface area (Å²) in [5.41, 5.74) is 2.07. The van der Waals surface area contributed by atoms with E-state index in [2.05, 4.69) is 4.99 Å². The first-order valence-corrected chi connectivity index (χ1v) is 9.56. The maximum atomic E-state index is 12.2. The maximum absolute atomic E-state index is 12.2. The van der Waals surface area contributed by atoms with Gasteiger partial charge in [-0.15, -0.1) is 0 Å². The second-order valence-corrected chi connectivity index (χ2v) is 6.96. The number of methoxy groups -OCH3 is 1. The van der Waals surface area contributed by atoms with Gasteiger partial charge in [0.1, 0.15) is 5.75 Å². The molecule has 0 aliphatic rings. The molecule has 0 unspecified atom stereocenters. The van der Waals surface area contributed by atoms with Gasteiger partial charge in [0.25, 0.3) is 0 Å². The average Bonchev–Trinajstić information content (AvgIpc) is 2.73. The zero-order chi connectivity index (χ0) is 21.5. The number of halogens is 2. The standard InChI is InChI=1S/C23H17Cl2NO4/c1-29-21-13-16(14-26-18-6-8-19(27)9-7-18)12-20(25)23(21)30-22(28)10-5-15-3-2-4-17(24)11-15/h2-14,27H,1H3/b10-5?,26-14+. The highest BCUT2D eigenvalue weighted by molar-refractivity contribution is 6.32. The van der Waals surface area contributed by atoms with E-state index < -0.39 is 5.97 Å². The molecule has 0 aromatic heterocycles. The molecular formula is C23H17Cl2NO4. The van der Waals surface area contributed by atoms with Crippen LogP contribution >= 0.6 is 23.2 Å². The SMILES string of the molecule is COc1cc(/C=N/c2ccc(O)cc2)cc(Cl)c1OC(=O)C=Cc1cccc(Cl)c1. The Balaban J connectivity index is 1.76. The van der Waals surface area contributed by atoms with Crippen molar-refractivity contribution in [2.75, 3.05) is 7.11 Å². The Kier molecular flexibility index (Phi) is 7.12. The second kappa shape index (κ2) is 9.96. The minimum Gasteiger partial charge on any atom is -0.508 e. The van der Waals surface area contributed by atoms with E-state index in [-0.39, 0.29) is 16.5 Å². The van der Waals surface area contributed by atoms with Crippen molar-refractivity contribution in [3.8, 4) is 17.2 Å². The van der Waals surface area contributed by atoms with Crippen LogP contribution < -0.4 is 9.47 Å². The second-order valence-electron chi connectivity index (χ2n) is 6.12. The van der Waals surface area contributed by atoms with Gasteiger partial charge < -0.3 is 14.6 Å². The number of carbonyl (C=O) groups is 1. The van der Waals surface area contributed by atoms with E-state index in [1.54, 1.807) is 66.9 Å². The number of phenols is 1. The van der Waals surface area contributed by atoms with Gasteiger partial charge in [-0.3, -0.25) is 4.99 Å². The highest BCUT2D eigenvalue weighted by atomic mass is 35.5. The van der Waals surface area contributed by atoms with E-state index >= 15 is 0 Å². The van der Waals surface area contributed by atoms with Crippen molar-refractivity contribution in [2.24, 2.45) is 4.99 Å². The Morgan fingerprint density at radius 2 is 1.80 bits per heavy atom. The van der Waals surface area contributed by atoms with Gasteiger partial charge in [-0.25, -0.2) is 4.79 Å². The molecule has 0 saturated heterocycles. The molecule has 3 aromatic rings. The Labute approximate surface area is 183 Å². The number of aliphatic imine (C=N–C) groups is 1. The molecule has 0 fully saturated rings.